The molecule has 2 N–H and O–H groups in total. The van der Waals surface area contributed by atoms with Crippen LogP contribution in [-0.2, 0) is 10.3 Å². The molecule has 25 heavy (non-hydrogen) atoms. The van der Waals surface area contributed by atoms with Crippen LogP contribution in [0.4, 0.5) is 5.69 Å². The zero-order chi connectivity index (χ0) is 17.6. The van der Waals surface area contributed by atoms with Crippen molar-refractivity contribution in [3.63, 3.8) is 0 Å². The molecule has 1 aliphatic rings. The maximum atomic E-state index is 12.5. The minimum Gasteiger partial charge on any atom is -0.423 e. The summed E-state index contributed by atoms with van der Waals surface area (Å²) in [5.41, 5.74) is 2.99. The second kappa shape index (κ2) is 5.69. The molecule has 3 aromatic rings. The first-order chi connectivity index (χ1) is 11.9. The number of hydrogen-bond donors (Lipinski definition) is 2. The molecule has 0 saturated heterocycles. The number of rotatable bonds is 2. The topological polar surface area (TPSA) is 71.5 Å². The van der Waals surface area contributed by atoms with Crippen molar-refractivity contribution in [3.8, 4) is 0 Å². The van der Waals surface area contributed by atoms with Crippen LogP contribution >= 0.6 is 0 Å². The van der Waals surface area contributed by atoms with Crippen LogP contribution in [0.1, 0.15) is 29.8 Å². The largest absolute Gasteiger partial charge is 0.492 e. The van der Waals surface area contributed by atoms with Gasteiger partial charge in [0.1, 0.15) is 0 Å². The first-order valence-corrected chi connectivity index (χ1v) is 8.10. The van der Waals surface area contributed by atoms with Gasteiger partial charge in [-0.05, 0) is 55.2 Å². The maximum Gasteiger partial charge on any atom is 0.492 e. The highest BCUT2D eigenvalue weighted by molar-refractivity contribution is 6.62. The highest BCUT2D eigenvalue weighted by Crippen LogP contribution is 2.30. The number of benzene rings is 2. The van der Waals surface area contributed by atoms with Crippen LogP contribution in [0.25, 0.3) is 10.9 Å². The lowest BCUT2D eigenvalue weighted by Crippen LogP contribution is -2.29. The highest BCUT2D eigenvalue weighted by atomic mass is 16.5. The third-order valence-corrected chi connectivity index (χ3v) is 4.50. The van der Waals surface area contributed by atoms with E-state index in [0.29, 0.717) is 16.7 Å². The first kappa shape index (κ1) is 15.8. The van der Waals surface area contributed by atoms with E-state index in [9.17, 15) is 9.82 Å². The van der Waals surface area contributed by atoms with Crippen LogP contribution in [0.2, 0.25) is 0 Å². The SMILES string of the molecule is CC1(C)OB(O)c2cc(NC(=O)c3ccc4cccnc4c3)ccc21. The summed E-state index contributed by atoms with van der Waals surface area (Å²) in [6.07, 6.45) is 1.70. The Morgan fingerprint density at radius 3 is 2.88 bits per heavy atom. The van der Waals surface area contributed by atoms with E-state index in [1.807, 2.05) is 44.2 Å². The fourth-order valence-corrected chi connectivity index (χ4v) is 3.21. The molecular weight excluding hydrogens is 315 g/mol. The summed E-state index contributed by atoms with van der Waals surface area (Å²) in [6, 6.07) is 14.7. The monoisotopic (exact) mass is 332 g/mol. The fraction of sp³-hybridized carbons (Fsp3) is 0.158. The average Bonchev–Trinajstić information content (AvgIpc) is 2.83. The number of anilines is 1. The molecular formula is C19H17BN2O3. The summed E-state index contributed by atoms with van der Waals surface area (Å²) in [5, 5.41) is 13.9. The van der Waals surface area contributed by atoms with Gasteiger partial charge >= 0.3 is 7.12 Å². The molecule has 0 aliphatic carbocycles. The van der Waals surface area contributed by atoms with E-state index >= 15 is 0 Å². The van der Waals surface area contributed by atoms with Crippen LogP contribution in [0.5, 0.6) is 0 Å². The van der Waals surface area contributed by atoms with Gasteiger partial charge in [0.25, 0.3) is 5.91 Å². The van der Waals surface area contributed by atoms with Crippen LogP contribution in [0.15, 0.2) is 54.7 Å². The van der Waals surface area contributed by atoms with Gasteiger partial charge in [-0.2, -0.15) is 0 Å². The highest BCUT2D eigenvalue weighted by Gasteiger charge is 2.40. The van der Waals surface area contributed by atoms with Crippen LogP contribution in [0, 0.1) is 0 Å². The van der Waals surface area contributed by atoms with Crippen molar-refractivity contribution in [1.82, 2.24) is 4.98 Å². The van der Waals surface area contributed by atoms with E-state index in [1.165, 1.54) is 0 Å². The van der Waals surface area contributed by atoms with E-state index in [1.54, 1.807) is 24.4 Å². The summed E-state index contributed by atoms with van der Waals surface area (Å²) in [7, 11) is -0.980. The molecule has 2 aromatic carbocycles. The quantitative estimate of drug-likeness (QED) is 0.707. The average molecular weight is 332 g/mol. The zero-order valence-electron chi connectivity index (χ0n) is 14.0. The van der Waals surface area contributed by atoms with Crippen molar-refractivity contribution < 1.29 is 14.5 Å². The molecule has 1 aromatic heterocycles. The molecule has 0 atom stereocenters. The lowest BCUT2D eigenvalue weighted by molar-refractivity contribution is 0.101. The van der Waals surface area contributed by atoms with Crippen molar-refractivity contribution >= 4 is 35.1 Å². The van der Waals surface area contributed by atoms with Gasteiger partial charge in [0.2, 0.25) is 0 Å². The summed E-state index contributed by atoms with van der Waals surface area (Å²) in [4.78, 5) is 16.8. The van der Waals surface area contributed by atoms with Crippen molar-refractivity contribution in [2.45, 2.75) is 19.4 Å². The molecule has 0 fully saturated rings. The predicted octanol–water partition coefficient (Wildman–Crippen LogP) is 2.44. The Bertz CT molecular complexity index is 987. The third-order valence-electron chi connectivity index (χ3n) is 4.50. The van der Waals surface area contributed by atoms with Gasteiger partial charge in [-0.15, -0.1) is 0 Å². The lowest BCUT2D eigenvalue weighted by atomic mass is 9.78. The molecule has 4 rings (SSSR count). The number of hydrogen-bond acceptors (Lipinski definition) is 4. The third kappa shape index (κ3) is 2.79. The van der Waals surface area contributed by atoms with Gasteiger partial charge < -0.3 is 15.0 Å². The van der Waals surface area contributed by atoms with E-state index < -0.39 is 12.7 Å². The van der Waals surface area contributed by atoms with Gasteiger partial charge in [-0.25, -0.2) is 0 Å². The number of carbonyl (C=O) groups is 1. The van der Waals surface area contributed by atoms with Crippen molar-refractivity contribution in [1.29, 1.82) is 0 Å². The Morgan fingerprint density at radius 2 is 2.04 bits per heavy atom. The molecule has 0 bridgehead atoms. The molecule has 0 unspecified atom stereocenters. The van der Waals surface area contributed by atoms with Crippen molar-refractivity contribution in [2.24, 2.45) is 0 Å². The Balaban J connectivity index is 1.61. The van der Waals surface area contributed by atoms with Gasteiger partial charge in [0, 0.05) is 22.8 Å². The second-order valence-corrected chi connectivity index (χ2v) is 6.65. The van der Waals surface area contributed by atoms with Crippen LogP contribution < -0.4 is 10.8 Å². The van der Waals surface area contributed by atoms with Gasteiger partial charge in [0.05, 0.1) is 11.1 Å². The molecule has 0 saturated carbocycles. The Hall–Kier alpha value is -2.70. The van der Waals surface area contributed by atoms with E-state index in [2.05, 4.69) is 10.3 Å². The van der Waals surface area contributed by atoms with E-state index in [4.69, 9.17) is 4.65 Å². The number of nitrogens with zero attached hydrogens (tertiary/aromatic N) is 1. The predicted molar refractivity (Wildman–Crippen MR) is 97.9 cm³/mol. The number of amides is 1. The van der Waals surface area contributed by atoms with E-state index in [-0.39, 0.29) is 5.91 Å². The summed E-state index contributed by atoms with van der Waals surface area (Å²) in [5.74, 6) is -0.222. The minimum absolute atomic E-state index is 0.222. The molecule has 124 valence electrons. The van der Waals surface area contributed by atoms with E-state index in [0.717, 1.165) is 16.5 Å². The van der Waals surface area contributed by atoms with Crippen LogP contribution in [-0.4, -0.2) is 23.0 Å². The number of carbonyl (C=O) groups excluding carboxylic acids is 1. The van der Waals surface area contributed by atoms with Crippen molar-refractivity contribution in [2.75, 3.05) is 5.32 Å². The van der Waals surface area contributed by atoms with Crippen LogP contribution in [0.3, 0.4) is 0 Å². The summed E-state index contributed by atoms with van der Waals surface area (Å²) >= 11 is 0. The Kier molecular flexibility index (Phi) is 3.60. The first-order valence-electron chi connectivity index (χ1n) is 8.10. The zero-order valence-corrected chi connectivity index (χ0v) is 14.0. The fourth-order valence-electron chi connectivity index (χ4n) is 3.21. The number of fused-ring (bicyclic) bond motifs is 2. The Labute approximate surface area is 145 Å². The smallest absolute Gasteiger partial charge is 0.423 e. The maximum absolute atomic E-state index is 12.5. The summed E-state index contributed by atoms with van der Waals surface area (Å²) in [6.45, 7) is 3.81. The normalized spacial score (nSPS) is 15.2. The van der Waals surface area contributed by atoms with Crippen molar-refractivity contribution in [3.05, 3.63) is 65.9 Å². The number of nitrogens with one attached hydrogen (secondary N) is 1. The molecule has 5 nitrogen and oxygen atoms in total. The molecule has 1 amide bonds. The molecule has 2 heterocycles. The lowest BCUT2D eigenvalue weighted by Gasteiger charge is -2.19. The standard InChI is InChI=1S/C19H17BN2O3/c1-19(2)15-8-7-14(11-16(15)20(24)25-19)22-18(23)13-6-5-12-4-3-9-21-17(12)10-13/h3-11,24H,1-2H3,(H,22,23). The van der Waals surface area contributed by atoms with Gasteiger partial charge in [-0.1, -0.05) is 18.2 Å². The molecule has 0 radical (unpaired) electrons. The second-order valence-electron chi connectivity index (χ2n) is 6.65. The number of aromatic nitrogens is 1. The van der Waals surface area contributed by atoms with Gasteiger partial charge in [0.15, 0.2) is 0 Å². The summed E-state index contributed by atoms with van der Waals surface area (Å²) < 4.78 is 5.55. The number of pyridine rings is 1. The van der Waals surface area contributed by atoms with Gasteiger partial charge in [-0.3, -0.25) is 9.78 Å². The molecule has 0 spiro atoms. The minimum atomic E-state index is -0.980. The Morgan fingerprint density at radius 1 is 1.20 bits per heavy atom. The molecule has 1 aliphatic heterocycles. The molecule has 6 heteroatoms.